The van der Waals surface area contributed by atoms with Crippen LogP contribution >= 0.6 is 0 Å². The molecule has 1 N–H and O–H groups in total. The van der Waals surface area contributed by atoms with Crippen LogP contribution in [-0.2, 0) is 0 Å². The molecule has 0 bridgehead atoms. The molecule has 86 valence electrons. The largest absolute Gasteiger partial charge is 0.454 e. The molecule has 5 heteroatoms. The number of fused-ring (bicyclic) bond motifs is 1. The van der Waals surface area contributed by atoms with Gasteiger partial charge in [-0.05, 0) is 17.7 Å². The summed E-state index contributed by atoms with van der Waals surface area (Å²) < 4.78 is 10.6. The summed E-state index contributed by atoms with van der Waals surface area (Å²) >= 11 is 0. The maximum Gasteiger partial charge on any atom is 0.231 e. The van der Waals surface area contributed by atoms with E-state index in [-0.39, 0.29) is 6.79 Å². The molecule has 1 aliphatic rings. The van der Waals surface area contributed by atoms with Gasteiger partial charge in [0.2, 0.25) is 12.7 Å². The molecular weight excluding hydrogens is 218 g/mol. The molecule has 0 amide bonds. The van der Waals surface area contributed by atoms with Crippen molar-refractivity contribution >= 4 is 5.95 Å². The van der Waals surface area contributed by atoms with Crippen molar-refractivity contribution < 1.29 is 9.47 Å². The summed E-state index contributed by atoms with van der Waals surface area (Å²) in [5, 5.41) is 2.88. The molecule has 0 fully saturated rings. The minimum Gasteiger partial charge on any atom is -0.454 e. The minimum absolute atomic E-state index is 0.286. The van der Waals surface area contributed by atoms with Gasteiger partial charge in [-0.2, -0.15) is 0 Å². The number of nitrogens with one attached hydrogen (secondary N) is 1. The van der Waals surface area contributed by atoms with Crippen molar-refractivity contribution in [1.82, 2.24) is 9.97 Å². The third-order valence-corrected chi connectivity index (χ3v) is 2.58. The lowest BCUT2D eigenvalue weighted by atomic mass is 10.1. The Labute approximate surface area is 98.4 Å². The van der Waals surface area contributed by atoms with Crippen molar-refractivity contribution in [2.75, 3.05) is 19.2 Å². The molecule has 17 heavy (non-hydrogen) atoms. The van der Waals surface area contributed by atoms with Crippen LogP contribution in [0.5, 0.6) is 11.5 Å². The summed E-state index contributed by atoms with van der Waals surface area (Å²) in [7, 11) is 1.79. The van der Waals surface area contributed by atoms with Crippen LogP contribution in [-0.4, -0.2) is 23.8 Å². The first-order valence-electron chi connectivity index (χ1n) is 5.26. The summed E-state index contributed by atoms with van der Waals surface area (Å²) in [6.07, 6.45) is 3.55. The lowest BCUT2D eigenvalue weighted by molar-refractivity contribution is 0.174. The van der Waals surface area contributed by atoms with Crippen LogP contribution in [0.4, 0.5) is 5.95 Å². The maximum absolute atomic E-state index is 5.33. The first-order chi connectivity index (χ1) is 8.36. The third kappa shape index (κ3) is 1.75. The predicted molar refractivity (Wildman–Crippen MR) is 63.1 cm³/mol. The summed E-state index contributed by atoms with van der Waals surface area (Å²) in [6.45, 7) is 0.286. The molecule has 2 aromatic rings. The minimum atomic E-state index is 0.286. The van der Waals surface area contributed by atoms with Gasteiger partial charge in [-0.3, -0.25) is 0 Å². The predicted octanol–water partition coefficient (Wildman–Crippen LogP) is 1.91. The zero-order chi connectivity index (χ0) is 11.7. The maximum atomic E-state index is 5.33. The zero-order valence-electron chi connectivity index (χ0n) is 9.30. The fourth-order valence-corrected chi connectivity index (χ4v) is 1.68. The number of ether oxygens (including phenoxy) is 2. The van der Waals surface area contributed by atoms with Crippen molar-refractivity contribution in [2.45, 2.75) is 0 Å². The molecule has 2 heterocycles. The SMILES string of the molecule is CNc1ncc(-c2ccc3c(c2)OCO3)cn1. The molecule has 0 spiro atoms. The smallest absolute Gasteiger partial charge is 0.231 e. The number of rotatable bonds is 2. The third-order valence-electron chi connectivity index (χ3n) is 2.58. The molecule has 3 rings (SSSR count). The molecule has 0 unspecified atom stereocenters. The van der Waals surface area contributed by atoms with E-state index in [1.54, 1.807) is 19.4 Å². The van der Waals surface area contributed by atoms with Gasteiger partial charge < -0.3 is 14.8 Å². The van der Waals surface area contributed by atoms with E-state index in [0.717, 1.165) is 22.6 Å². The highest BCUT2D eigenvalue weighted by Gasteiger charge is 2.13. The Morgan fingerprint density at radius 3 is 2.59 bits per heavy atom. The Morgan fingerprint density at radius 1 is 1.06 bits per heavy atom. The van der Waals surface area contributed by atoms with Gasteiger partial charge in [-0.1, -0.05) is 6.07 Å². The molecule has 0 saturated heterocycles. The highest BCUT2D eigenvalue weighted by Crippen LogP contribution is 2.35. The number of hydrogen-bond donors (Lipinski definition) is 1. The number of hydrogen-bond acceptors (Lipinski definition) is 5. The summed E-state index contributed by atoms with van der Waals surface area (Å²) in [5.74, 6) is 2.15. The van der Waals surface area contributed by atoms with Crippen LogP contribution in [0.15, 0.2) is 30.6 Å². The van der Waals surface area contributed by atoms with E-state index >= 15 is 0 Å². The normalized spacial score (nSPS) is 12.5. The van der Waals surface area contributed by atoms with Gasteiger partial charge in [0.15, 0.2) is 11.5 Å². The van der Waals surface area contributed by atoms with Gasteiger partial charge in [0, 0.05) is 25.0 Å². The molecule has 0 radical (unpaired) electrons. The molecule has 1 aromatic heterocycles. The van der Waals surface area contributed by atoms with Crippen LogP contribution in [0.25, 0.3) is 11.1 Å². The molecule has 1 aromatic carbocycles. The second-order valence-corrected chi connectivity index (χ2v) is 3.61. The fourth-order valence-electron chi connectivity index (χ4n) is 1.68. The van der Waals surface area contributed by atoms with Crippen molar-refractivity contribution in [3.8, 4) is 22.6 Å². The Kier molecular flexibility index (Phi) is 2.29. The van der Waals surface area contributed by atoms with Gasteiger partial charge in [0.05, 0.1) is 0 Å². The lowest BCUT2D eigenvalue weighted by Crippen LogP contribution is -1.95. The summed E-state index contributed by atoms with van der Waals surface area (Å²) in [5.41, 5.74) is 1.96. The number of anilines is 1. The molecule has 0 saturated carbocycles. The molecule has 0 aliphatic carbocycles. The standard InChI is InChI=1S/C12H11N3O2/c1-13-12-14-5-9(6-15-12)8-2-3-10-11(4-8)17-7-16-10/h2-6H,7H2,1H3,(H,13,14,15). The second-order valence-electron chi connectivity index (χ2n) is 3.61. The van der Waals surface area contributed by atoms with Gasteiger partial charge in [-0.15, -0.1) is 0 Å². The van der Waals surface area contributed by atoms with Crippen molar-refractivity contribution in [3.63, 3.8) is 0 Å². The molecule has 5 nitrogen and oxygen atoms in total. The van der Waals surface area contributed by atoms with Crippen LogP contribution in [0.1, 0.15) is 0 Å². The average Bonchev–Trinajstić information content (AvgIpc) is 2.86. The number of nitrogens with zero attached hydrogens (tertiary/aromatic N) is 2. The van der Waals surface area contributed by atoms with Gasteiger partial charge in [-0.25, -0.2) is 9.97 Å². The fraction of sp³-hybridized carbons (Fsp3) is 0.167. The van der Waals surface area contributed by atoms with Crippen molar-refractivity contribution in [3.05, 3.63) is 30.6 Å². The van der Waals surface area contributed by atoms with Crippen molar-refractivity contribution in [1.29, 1.82) is 0 Å². The zero-order valence-corrected chi connectivity index (χ0v) is 9.30. The highest BCUT2D eigenvalue weighted by atomic mass is 16.7. The van der Waals surface area contributed by atoms with E-state index in [9.17, 15) is 0 Å². The van der Waals surface area contributed by atoms with E-state index in [0.29, 0.717) is 5.95 Å². The van der Waals surface area contributed by atoms with E-state index in [4.69, 9.17) is 9.47 Å². The van der Waals surface area contributed by atoms with E-state index < -0.39 is 0 Å². The first-order valence-corrected chi connectivity index (χ1v) is 5.26. The van der Waals surface area contributed by atoms with E-state index in [1.807, 2.05) is 18.2 Å². The quantitative estimate of drug-likeness (QED) is 0.852. The van der Waals surface area contributed by atoms with Crippen LogP contribution in [0.2, 0.25) is 0 Å². The van der Waals surface area contributed by atoms with Crippen LogP contribution in [0, 0.1) is 0 Å². The lowest BCUT2D eigenvalue weighted by Gasteiger charge is -2.03. The van der Waals surface area contributed by atoms with Gasteiger partial charge in [0.1, 0.15) is 0 Å². The van der Waals surface area contributed by atoms with Crippen molar-refractivity contribution in [2.24, 2.45) is 0 Å². The van der Waals surface area contributed by atoms with E-state index in [1.165, 1.54) is 0 Å². The Morgan fingerprint density at radius 2 is 1.82 bits per heavy atom. The highest BCUT2D eigenvalue weighted by molar-refractivity contribution is 5.66. The number of aromatic nitrogens is 2. The average molecular weight is 229 g/mol. The van der Waals surface area contributed by atoms with Crippen LogP contribution < -0.4 is 14.8 Å². The Bertz CT molecular complexity index is 540. The second kappa shape index (κ2) is 3.93. The molecule has 1 aliphatic heterocycles. The summed E-state index contributed by atoms with van der Waals surface area (Å²) in [6, 6.07) is 5.79. The van der Waals surface area contributed by atoms with Gasteiger partial charge >= 0.3 is 0 Å². The van der Waals surface area contributed by atoms with Gasteiger partial charge in [0.25, 0.3) is 0 Å². The first kappa shape index (κ1) is 9.89. The molecule has 0 atom stereocenters. The monoisotopic (exact) mass is 229 g/mol. The Balaban J connectivity index is 1.97. The Hall–Kier alpha value is -2.30. The van der Waals surface area contributed by atoms with Crippen LogP contribution in [0.3, 0.4) is 0 Å². The topological polar surface area (TPSA) is 56.3 Å². The van der Waals surface area contributed by atoms with E-state index in [2.05, 4.69) is 15.3 Å². The molecular formula is C12H11N3O2. The number of benzene rings is 1. The summed E-state index contributed by atoms with van der Waals surface area (Å²) in [4.78, 5) is 8.35.